The van der Waals surface area contributed by atoms with Crippen molar-refractivity contribution in [1.82, 2.24) is 25.1 Å². The summed E-state index contributed by atoms with van der Waals surface area (Å²) in [6, 6.07) is 4.11. The Morgan fingerprint density at radius 3 is 2.73 bits per heavy atom. The zero-order chi connectivity index (χ0) is 15.9. The first-order valence-corrected chi connectivity index (χ1v) is 7.58. The normalized spacial score (nSPS) is 15.1. The van der Waals surface area contributed by atoms with Gasteiger partial charge in [-0.05, 0) is 25.0 Å². The van der Waals surface area contributed by atoms with E-state index in [1.165, 1.54) is 0 Å². The van der Waals surface area contributed by atoms with Crippen LogP contribution in [-0.2, 0) is 10.2 Å². The molecular weight excluding hydrogens is 280 g/mol. The van der Waals surface area contributed by atoms with Crippen LogP contribution < -0.4 is 10.2 Å². The number of likely N-dealkylation sites (N-methyl/N-ethyl adjacent to an activating group) is 1. The molecule has 7 heteroatoms. The number of carbonyl (C=O) groups is 1. The lowest BCUT2D eigenvalue weighted by Gasteiger charge is -2.19. The zero-order valence-corrected chi connectivity index (χ0v) is 13.5. The molecule has 0 spiro atoms. The Balaban J connectivity index is 1.82. The molecule has 1 aliphatic carbocycles. The second-order valence-electron chi connectivity index (χ2n) is 6.93. The summed E-state index contributed by atoms with van der Waals surface area (Å²) in [4.78, 5) is 13.7. The molecule has 2 aromatic heterocycles. The molecule has 0 radical (unpaired) electrons. The maximum atomic E-state index is 11.9. The number of fused-ring (bicyclic) bond motifs is 1. The van der Waals surface area contributed by atoms with Gasteiger partial charge in [-0.1, -0.05) is 20.8 Å². The molecule has 0 aliphatic heterocycles. The van der Waals surface area contributed by atoms with Crippen molar-refractivity contribution >= 4 is 17.4 Å². The number of nitrogens with one attached hydrogen (secondary N) is 1. The lowest BCUT2D eigenvalue weighted by atomic mass is 9.96. The third-order valence-electron chi connectivity index (χ3n) is 3.63. The summed E-state index contributed by atoms with van der Waals surface area (Å²) in [7, 11) is 1.86. The lowest BCUT2D eigenvalue weighted by Crippen LogP contribution is -2.36. The Morgan fingerprint density at radius 2 is 2.09 bits per heavy atom. The van der Waals surface area contributed by atoms with Crippen LogP contribution in [0.2, 0.25) is 0 Å². The molecule has 1 aliphatic rings. The van der Waals surface area contributed by atoms with E-state index < -0.39 is 0 Å². The van der Waals surface area contributed by atoms with E-state index in [0.717, 1.165) is 24.5 Å². The standard InChI is InChI=1S/C15H22N6O/c1-15(2,3)14-18-17-11-7-8-12(19-21(11)14)20(4)9-13(22)16-10-5-6-10/h7-8,10H,5-6,9H2,1-4H3,(H,16,22). The second kappa shape index (κ2) is 5.23. The van der Waals surface area contributed by atoms with Crippen LogP contribution in [0.4, 0.5) is 5.82 Å². The first-order chi connectivity index (χ1) is 10.3. The van der Waals surface area contributed by atoms with Gasteiger partial charge in [0.05, 0.1) is 6.54 Å². The fraction of sp³-hybridized carbons (Fsp3) is 0.600. The van der Waals surface area contributed by atoms with Gasteiger partial charge in [0.2, 0.25) is 5.91 Å². The molecule has 1 saturated carbocycles. The van der Waals surface area contributed by atoms with E-state index in [4.69, 9.17) is 0 Å². The van der Waals surface area contributed by atoms with E-state index in [1.807, 2.05) is 24.1 Å². The number of hydrogen-bond acceptors (Lipinski definition) is 5. The van der Waals surface area contributed by atoms with E-state index >= 15 is 0 Å². The molecule has 1 amide bonds. The molecule has 2 aromatic rings. The highest BCUT2D eigenvalue weighted by molar-refractivity contribution is 5.81. The van der Waals surface area contributed by atoms with Gasteiger partial charge in [-0.2, -0.15) is 4.52 Å². The van der Waals surface area contributed by atoms with E-state index in [1.54, 1.807) is 4.52 Å². The fourth-order valence-corrected chi connectivity index (χ4v) is 2.25. The average Bonchev–Trinajstić information content (AvgIpc) is 3.12. The second-order valence-corrected chi connectivity index (χ2v) is 6.93. The first kappa shape index (κ1) is 14.7. The number of nitrogens with zero attached hydrogens (tertiary/aromatic N) is 5. The number of aromatic nitrogens is 4. The summed E-state index contributed by atoms with van der Waals surface area (Å²) in [6.07, 6.45) is 2.19. The first-order valence-electron chi connectivity index (χ1n) is 7.58. The van der Waals surface area contributed by atoms with Crippen molar-refractivity contribution in [2.45, 2.75) is 45.1 Å². The molecular formula is C15H22N6O. The van der Waals surface area contributed by atoms with Crippen LogP contribution in [0.3, 0.4) is 0 Å². The molecule has 0 bridgehead atoms. The predicted octanol–water partition coefficient (Wildman–Crippen LogP) is 1.14. The van der Waals surface area contributed by atoms with E-state index in [9.17, 15) is 4.79 Å². The molecule has 22 heavy (non-hydrogen) atoms. The summed E-state index contributed by atoms with van der Waals surface area (Å²) < 4.78 is 1.75. The smallest absolute Gasteiger partial charge is 0.239 e. The Kier molecular flexibility index (Phi) is 3.50. The Morgan fingerprint density at radius 1 is 1.36 bits per heavy atom. The van der Waals surface area contributed by atoms with Gasteiger partial charge in [-0.15, -0.1) is 15.3 Å². The minimum absolute atomic E-state index is 0.0340. The summed E-state index contributed by atoms with van der Waals surface area (Å²) in [6.45, 7) is 6.52. The molecule has 0 saturated heterocycles. The summed E-state index contributed by atoms with van der Waals surface area (Å²) in [5.41, 5.74) is 0.567. The van der Waals surface area contributed by atoms with Gasteiger partial charge < -0.3 is 10.2 Å². The molecule has 0 unspecified atom stereocenters. The topological polar surface area (TPSA) is 75.4 Å². The van der Waals surface area contributed by atoms with E-state index in [-0.39, 0.29) is 11.3 Å². The van der Waals surface area contributed by atoms with Gasteiger partial charge in [-0.25, -0.2) is 0 Å². The van der Waals surface area contributed by atoms with Gasteiger partial charge in [0, 0.05) is 18.5 Å². The number of rotatable bonds is 4. The van der Waals surface area contributed by atoms with Crippen LogP contribution in [0.1, 0.15) is 39.4 Å². The van der Waals surface area contributed by atoms with Gasteiger partial charge in [0.25, 0.3) is 0 Å². The molecule has 118 valence electrons. The maximum absolute atomic E-state index is 11.9. The van der Waals surface area contributed by atoms with Crippen LogP contribution >= 0.6 is 0 Å². The van der Waals surface area contributed by atoms with Crippen molar-refractivity contribution < 1.29 is 4.79 Å². The predicted molar refractivity (Wildman–Crippen MR) is 83.9 cm³/mol. The maximum Gasteiger partial charge on any atom is 0.239 e. The van der Waals surface area contributed by atoms with Gasteiger partial charge >= 0.3 is 0 Å². The molecule has 3 rings (SSSR count). The molecule has 1 N–H and O–H groups in total. The monoisotopic (exact) mass is 302 g/mol. The SMILES string of the molecule is CN(CC(=O)NC1CC1)c1ccc2nnc(C(C)(C)C)n2n1. The van der Waals surface area contributed by atoms with Crippen molar-refractivity contribution in [1.29, 1.82) is 0 Å². The summed E-state index contributed by atoms with van der Waals surface area (Å²) in [5.74, 6) is 1.57. The lowest BCUT2D eigenvalue weighted by molar-refractivity contribution is -0.119. The number of anilines is 1. The third-order valence-corrected chi connectivity index (χ3v) is 3.63. The highest BCUT2D eigenvalue weighted by atomic mass is 16.2. The van der Waals surface area contributed by atoms with Crippen molar-refractivity contribution in [2.24, 2.45) is 0 Å². The van der Waals surface area contributed by atoms with Crippen LogP contribution in [0.25, 0.3) is 5.65 Å². The number of amides is 1. The van der Waals surface area contributed by atoms with Crippen molar-refractivity contribution in [2.75, 3.05) is 18.5 Å². The van der Waals surface area contributed by atoms with Crippen LogP contribution in [0.15, 0.2) is 12.1 Å². The third kappa shape index (κ3) is 3.03. The van der Waals surface area contributed by atoms with Crippen LogP contribution in [-0.4, -0.2) is 45.4 Å². The quantitative estimate of drug-likeness (QED) is 0.916. The average molecular weight is 302 g/mol. The molecule has 0 atom stereocenters. The summed E-state index contributed by atoms with van der Waals surface area (Å²) in [5, 5.41) is 15.9. The zero-order valence-electron chi connectivity index (χ0n) is 13.5. The Hall–Kier alpha value is -2.18. The van der Waals surface area contributed by atoms with E-state index in [0.29, 0.717) is 18.2 Å². The van der Waals surface area contributed by atoms with Crippen molar-refractivity contribution in [3.05, 3.63) is 18.0 Å². The van der Waals surface area contributed by atoms with Crippen molar-refractivity contribution in [3.63, 3.8) is 0 Å². The minimum atomic E-state index is -0.146. The minimum Gasteiger partial charge on any atom is -0.352 e. The van der Waals surface area contributed by atoms with E-state index in [2.05, 4.69) is 41.4 Å². The van der Waals surface area contributed by atoms with Crippen LogP contribution in [0.5, 0.6) is 0 Å². The fourth-order valence-electron chi connectivity index (χ4n) is 2.25. The largest absolute Gasteiger partial charge is 0.352 e. The Labute approximate surface area is 129 Å². The van der Waals surface area contributed by atoms with Gasteiger partial charge in [-0.3, -0.25) is 4.79 Å². The summed E-state index contributed by atoms with van der Waals surface area (Å²) >= 11 is 0. The highest BCUT2D eigenvalue weighted by Gasteiger charge is 2.24. The molecule has 0 aromatic carbocycles. The van der Waals surface area contributed by atoms with Gasteiger partial charge in [0.1, 0.15) is 5.82 Å². The number of hydrogen-bond donors (Lipinski definition) is 1. The Bertz CT molecular complexity index is 698. The molecule has 2 heterocycles. The highest BCUT2D eigenvalue weighted by Crippen LogP contribution is 2.21. The van der Waals surface area contributed by atoms with Crippen molar-refractivity contribution in [3.8, 4) is 0 Å². The molecule has 7 nitrogen and oxygen atoms in total. The van der Waals surface area contributed by atoms with Gasteiger partial charge in [0.15, 0.2) is 11.5 Å². The molecule has 1 fully saturated rings. The number of carbonyl (C=O) groups excluding carboxylic acids is 1. The van der Waals surface area contributed by atoms with Crippen LogP contribution in [0, 0.1) is 0 Å².